The Labute approximate surface area is 95.6 Å². The predicted molar refractivity (Wildman–Crippen MR) is 50.9 cm³/mol. The first-order valence-electron chi connectivity index (χ1n) is 3.97. The van der Waals surface area contributed by atoms with E-state index in [1.165, 1.54) is 0 Å². The quantitative estimate of drug-likeness (QED) is 0.355. The minimum absolute atomic E-state index is 0.193. The Hall–Kier alpha value is -0.890. The second-order valence-corrected chi connectivity index (χ2v) is 4.73. The second-order valence-electron chi connectivity index (χ2n) is 2.65. The van der Waals surface area contributed by atoms with Crippen molar-refractivity contribution in [3.63, 3.8) is 0 Å². The Bertz CT molecular complexity index is 509. The van der Waals surface area contributed by atoms with E-state index in [2.05, 4.69) is 8.71 Å². The van der Waals surface area contributed by atoms with Crippen LogP contribution in [-0.2, 0) is 23.4 Å². The molecule has 0 saturated heterocycles. The van der Waals surface area contributed by atoms with Crippen LogP contribution in [0.2, 0.25) is 0 Å². The first kappa shape index (κ1) is 14.2. The molecule has 0 fully saturated rings. The Morgan fingerprint density at radius 2 is 1.71 bits per heavy atom. The number of hydrogen-bond donors (Lipinski definition) is 0. The van der Waals surface area contributed by atoms with E-state index in [1.807, 2.05) is 0 Å². The highest BCUT2D eigenvalue weighted by molar-refractivity contribution is 7.86. The van der Waals surface area contributed by atoms with Gasteiger partial charge in [-0.3, -0.25) is 4.57 Å². The Balaban J connectivity index is 3.11. The monoisotopic (exact) mass is 290 g/mol. The maximum Gasteiger partial charge on any atom is 0.305 e. The summed E-state index contributed by atoms with van der Waals surface area (Å²) in [5, 5.41) is 0. The molecule has 1 aromatic rings. The maximum atomic E-state index is 13.1. The van der Waals surface area contributed by atoms with Gasteiger partial charge in [-0.15, -0.1) is 0 Å². The van der Waals surface area contributed by atoms with Crippen LogP contribution in [0.5, 0.6) is 0 Å². The van der Waals surface area contributed by atoms with Gasteiger partial charge in [0, 0.05) is 12.1 Å². The van der Waals surface area contributed by atoms with E-state index < -0.39 is 47.9 Å². The Morgan fingerprint density at radius 1 is 1.18 bits per heavy atom. The number of rotatable bonds is 5. The molecule has 1 atom stereocenters. The minimum atomic E-state index is -4.78. The van der Waals surface area contributed by atoms with Crippen molar-refractivity contribution in [2.24, 2.45) is 0 Å². The SMILES string of the molecule is O=[PH2]OCOS(=O)(=O)c1c(F)cc(F)cc1F. The molecule has 1 aromatic carbocycles. The van der Waals surface area contributed by atoms with Gasteiger partial charge < -0.3 is 4.52 Å². The van der Waals surface area contributed by atoms with Crippen LogP contribution in [0.1, 0.15) is 0 Å². The fourth-order valence-electron chi connectivity index (χ4n) is 0.946. The van der Waals surface area contributed by atoms with Gasteiger partial charge in [-0.25, -0.2) is 17.4 Å². The van der Waals surface area contributed by atoms with E-state index in [9.17, 15) is 26.2 Å². The average Bonchev–Trinajstić information content (AvgIpc) is 2.15. The summed E-state index contributed by atoms with van der Waals surface area (Å²) < 4.78 is 79.3. The molecule has 0 bridgehead atoms. The summed E-state index contributed by atoms with van der Waals surface area (Å²) in [6.07, 6.45) is 0. The topological polar surface area (TPSA) is 69.7 Å². The molecule has 0 aliphatic rings. The van der Waals surface area contributed by atoms with Crippen molar-refractivity contribution in [1.29, 1.82) is 0 Å². The highest BCUT2D eigenvalue weighted by Gasteiger charge is 2.26. The zero-order valence-corrected chi connectivity index (χ0v) is 9.99. The molecule has 0 aliphatic heterocycles. The maximum absolute atomic E-state index is 13.1. The minimum Gasteiger partial charge on any atom is -0.304 e. The number of hydrogen-bond acceptors (Lipinski definition) is 5. The standard InChI is InChI=1S/C7H6F3O5PS/c8-4-1-5(9)7(6(10)2-4)17(12,13)15-3-14-16-11/h1-2H,3,16H2. The summed E-state index contributed by atoms with van der Waals surface area (Å²) in [5.74, 6) is -4.52. The van der Waals surface area contributed by atoms with E-state index in [4.69, 9.17) is 0 Å². The molecular formula is C7H6F3O5PS. The van der Waals surface area contributed by atoms with E-state index in [0.29, 0.717) is 0 Å². The molecule has 5 nitrogen and oxygen atoms in total. The van der Waals surface area contributed by atoms with Gasteiger partial charge in [0.25, 0.3) is 0 Å². The highest BCUT2D eigenvalue weighted by atomic mass is 32.2. The number of halogens is 3. The van der Waals surface area contributed by atoms with Gasteiger partial charge in [0.2, 0.25) is 0 Å². The molecule has 0 amide bonds. The predicted octanol–water partition coefficient (Wildman–Crippen LogP) is 1.45. The molecule has 0 radical (unpaired) electrons. The molecule has 0 heterocycles. The summed E-state index contributed by atoms with van der Waals surface area (Å²) in [6.45, 7) is -0.947. The molecule has 0 aliphatic carbocycles. The van der Waals surface area contributed by atoms with E-state index in [-0.39, 0.29) is 12.1 Å². The molecule has 10 heteroatoms. The van der Waals surface area contributed by atoms with Gasteiger partial charge >= 0.3 is 10.1 Å². The first-order valence-corrected chi connectivity index (χ1v) is 6.33. The molecule has 1 unspecified atom stereocenters. The van der Waals surface area contributed by atoms with Gasteiger partial charge in [-0.1, -0.05) is 0 Å². The third kappa shape index (κ3) is 3.53. The van der Waals surface area contributed by atoms with Crippen molar-refractivity contribution in [2.45, 2.75) is 4.90 Å². The van der Waals surface area contributed by atoms with Gasteiger partial charge in [0.15, 0.2) is 20.4 Å². The van der Waals surface area contributed by atoms with Gasteiger partial charge in [0.1, 0.15) is 17.5 Å². The van der Waals surface area contributed by atoms with Crippen molar-refractivity contribution in [2.75, 3.05) is 6.79 Å². The van der Waals surface area contributed by atoms with Crippen molar-refractivity contribution in [3.05, 3.63) is 29.6 Å². The lowest BCUT2D eigenvalue weighted by molar-refractivity contribution is 0.139. The first-order chi connectivity index (χ1) is 7.88. The van der Waals surface area contributed by atoms with Crippen LogP contribution in [0.3, 0.4) is 0 Å². The van der Waals surface area contributed by atoms with E-state index in [1.54, 1.807) is 0 Å². The van der Waals surface area contributed by atoms with Crippen LogP contribution in [0.25, 0.3) is 0 Å². The summed E-state index contributed by atoms with van der Waals surface area (Å²) in [6, 6.07) is 0.387. The second kappa shape index (κ2) is 5.63. The fraction of sp³-hybridized carbons (Fsp3) is 0.143. The smallest absolute Gasteiger partial charge is 0.304 e. The van der Waals surface area contributed by atoms with E-state index in [0.717, 1.165) is 0 Å². The molecule has 0 N–H and O–H groups in total. The molecule has 0 aromatic heterocycles. The zero-order valence-electron chi connectivity index (χ0n) is 8.02. The average molecular weight is 290 g/mol. The summed E-state index contributed by atoms with van der Waals surface area (Å²) >= 11 is 0. The fourth-order valence-corrected chi connectivity index (χ4v) is 2.06. The molecule has 17 heavy (non-hydrogen) atoms. The van der Waals surface area contributed by atoms with Crippen LogP contribution >= 0.6 is 8.69 Å². The van der Waals surface area contributed by atoms with Crippen LogP contribution in [-0.4, -0.2) is 15.2 Å². The third-order valence-corrected chi connectivity index (χ3v) is 3.12. The number of benzene rings is 1. The highest BCUT2D eigenvalue weighted by Crippen LogP contribution is 2.22. The third-order valence-electron chi connectivity index (χ3n) is 1.55. The Morgan fingerprint density at radius 3 is 2.18 bits per heavy atom. The molecule has 1 rings (SSSR count). The summed E-state index contributed by atoms with van der Waals surface area (Å²) in [5.41, 5.74) is 0. The van der Waals surface area contributed by atoms with Crippen LogP contribution in [0.15, 0.2) is 17.0 Å². The van der Waals surface area contributed by atoms with Gasteiger partial charge in [-0.05, 0) is 0 Å². The summed E-state index contributed by atoms with van der Waals surface area (Å²) in [4.78, 5) is -1.43. The normalized spacial score (nSPS) is 12.4. The zero-order chi connectivity index (χ0) is 13.1. The van der Waals surface area contributed by atoms with Crippen molar-refractivity contribution < 1.29 is 34.9 Å². The molecule has 96 valence electrons. The Kier molecular flexibility index (Phi) is 4.70. The molecular weight excluding hydrogens is 284 g/mol. The lowest BCUT2D eigenvalue weighted by atomic mass is 10.3. The largest absolute Gasteiger partial charge is 0.305 e. The summed E-state index contributed by atoms with van der Waals surface area (Å²) in [7, 11) is -6.50. The lowest BCUT2D eigenvalue weighted by Crippen LogP contribution is -2.12. The molecule has 0 spiro atoms. The van der Waals surface area contributed by atoms with E-state index >= 15 is 0 Å². The van der Waals surface area contributed by atoms with Crippen LogP contribution < -0.4 is 0 Å². The van der Waals surface area contributed by atoms with Crippen molar-refractivity contribution in [3.8, 4) is 0 Å². The van der Waals surface area contributed by atoms with Crippen molar-refractivity contribution in [1.82, 2.24) is 0 Å². The van der Waals surface area contributed by atoms with Crippen LogP contribution in [0.4, 0.5) is 13.2 Å². The van der Waals surface area contributed by atoms with Crippen LogP contribution in [0, 0.1) is 17.5 Å². The molecule has 0 saturated carbocycles. The van der Waals surface area contributed by atoms with Crippen molar-refractivity contribution >= 4 is 18.8 Å². The van der Waals surface area contributed by atoms with Gasteiger partial charge in [0.05, 0.1) is 0 Å². The lowest BCUT2D eigenvalue weighted by Gasteiger charge is -2.06. The van der Waals surface area contributed by atoms with Gasteiger partial charge in [-0.2, -0.15) is 8.42 Å².